The predicted octanol–water partition coefficient (Wildman–Crippen LogP) is 4.51. The van der Waals surface area contributed by atoms with E-state index in [0.29, 0.717) is 17.2 Å². The number of aromatic amines is 1. The van der Waals surface area contributed by atoms with Crippen molar-refractivity contribution in [2.45, 2.75) is 39.2 Å². The van der Waals surface area contributed by atoms with Gasteiger partial charge in [-0.05, 0) is 48.1 Å². The highest BCUT2D eigenvalue weighted by molar-refractivity contribution is 5.94. The molecule has 0 amide bonds. The predicted molar refractivity (Wildman–Crippen MR) is 119 cm³/mol. The highest BCUT2D eigenvalue weighted by atomic mass is 16.5. The van der Waals surface area contributed by atoms with Crippen LogP contribution < -0.4 is 4.74 Å². The van der Waals surface area contributed by atoms with Gasteiger partial charge in [-0.1, -0.05) is 50.2 Å². The number of H-pyrrole nitrogens is 1. The molecule has 2 atom stereocenters. The molecule has 2 aromatic carbocycles. The first-order chi connectivity index (χ1) is 15.4. The lowest BCUT2D eigenvalue weighted by molar-refractivity contribution is -0.158. The standard InChI is InChI=1S/C25H28N2O5/c1-4-31-25(30)22(24(28)29)13-17-5-11-21(12-6-17)32-23(20-14-26-27-15-20)19-9-7-18(8-10-19)16(2)3/h5-12,14-16,22-23H,4,13H2,1-3H3,(H,26,27)(H,28,29). The van der Waals surface area contributed by atoms with Crippen LogP contribution in [0.3, 0.4) is 0 Å². The molecule has 0 bridgehead atoms. The van der Waals surface area contributed by atoms with E-state index in [0.717, 1.165) is 11.1 Å². The van der Waals surface area contributed by atoms with E-state index in [1.807, 2.05) is 0 Å². The molecular formula is C25H28N2O5. The zero-order valence-corrected chi connectivity index (χ0v) is 18.4. The summed E-state index contributed by atoms with van der Waals surface area (Å²) in [6.45, 7) is 6.09. The minimum Gasteiger partial charge on any atom is -0.481 e. The van der Waals surface area contributed by atoms with Crippen LogP contribution in [0, 0.1) is 5.92 Å². The Morgan fingerprint density at radius 1 is 1.00 bits per heavy atom. The van der Waals surface area contributed by atoms with Gasteiger partial charge in [0.25, 0.3) is 0 Å². The van der Waals surface area contributed by atoms with Crippen molar-refractivity contribution in [2.75, 3.05) is 6.61 Å². The molecule has 0 saturated carbocycles. The molecule has 32 heavy (non-hydrogen) atoms. The van der Waals surface area contributed by atoms with Crippen LogP contribution in [0.15, 0.2) is 60.9 Å². The number of benzene rings is 2. The minimum atomic E-state index is -1.24. The van der Waals surface area contributed by atoms with Gasteiger partial charge in [0.2, 0.25) is 0 Å². The lowest BCUT2D eigenvalue weighted by atomic mass is 9.98. The van der Waals surface area contributed by atoms with Crippen LogP contribution in [-0.2, 0) is 20.7 Å². The number of aromatic nitrogens is 2. The highest BCUT2D eigenvalue weighted by Gasteiger charge is 2.28. The molecule has 1 heterocycles. The number of rotatable bonds is 10. The number of hydrogen-bond acceptors (Lipinski definition) is 5. The number of carboxylic acid groups (broad SMARTS) is 1. The van der Waals surface area contributed by atoms with Crippen LogP contribution in [0.5, 0.6) is 5.75 Å². The summed E-state index contributed by atoms with van der Waals surface area (Å²) in [7, 11) is 0. The summed E-state index contributed by atoms with van der Waals surface area (Å²) < 4.78 is 11.1. The Balaban J connectivity index is 1.77. The number of hydrogen-bond donors (Lipinski definition) is 2. The Kier molecular flexibility index (Phi) is 7.65. The SMILES string of the molecule is CCOC(=O)C(Cc1ccc(OC(c2ccc(C(C)C)cc2)c2cn[nH]c2)cc1)C(=O)O. The van der Waals surface area contributed by atoms with Gasteiger partial charge in [0.1, 0.15) is 5.75 Å². The topological polar surface area (TPSA) is 102 Å². The number of nitrogens with zero attached hydrogens (tertiary/aromatic N) is 1. The molecule has 7 nitrogen and oxygen atoms in total. The molecule has 0 aliphatic heterocycles. The summed E-state index contributed by atoms with van der Waals surface area (Å²) in [5.74, 6) is -2.11. The summed E-state index contributed by atoms with van der Waals surface area (Å²) >= 11 is 0. The van der Waals surface area contributed by atoms with Crippen LogP contribution in [0.2, 0.25) is 0 Å². The van der Waals surface area contributed by atoms with Crippen LogP contribution in [0.1, 0.15) is 55.0 Å². The number of esters is 1. The summed E-state index contributed by atoms with van der Waals surface area (Å²) in [5, 5.41) is 16.2. The van der Waals surface area contributed by atoms with Gasteiger partial charge < -0.3 is 14.6 Å². The van der Waals surface area contributed by atoms with E-state index in [1.54, 1.807) is 43.6 Å². The largest absolute Gasteiger partial charge is 0.481 e. The second-order valence-electron chi connectivity index (χ2n) is 7.84. The molecule has 0 aliphatic carbocycles. The quantitative estimate of drug-likeness (QED) is 0.358. The van der Waals surface area contributed by atoms with E-state index in [-0.39, 0.29) is 19.1 Å². The molecular weight excluding hydrogens is 408 g/mol. The third kappa shape index (κ3) is 5.75. The Bertz CT molecular complexity index is 1010. The minimum absolute atomic E-state index is 0.0519. The summed E-state index contributed by atoms with van der Waals surface area (Å²) in [4.78, 5) is 23.4. The summed E-state index contributed by atoms with van der Waals surface area (Å²) in [5.41, 5.74) is 3.84. The molecule has 2 N–H and O–H groups in total. The fraction of sp³-hybridized carbons (Fsp3) is 0.320. The average Bonchev–Trinajstić information content (AvgIpc) is 3.31. The van der Waals surface area contributed by atoms with Crippen LogP contribution >= 0.6 is 0 Å². The third-order valence-electron chi connectivity index (χ3n) is 5.21. The van der Waals surface area contributed by atoms with Gasteiger partial charge in [-0.2, -0.15) is 5.10 Å². The first-order valence-corrected chi connectivity index (χ1v) is 10.6. The van der Waals surface area contributed by atoms with Crippen molar-refractivity contribution in [3.05, 3.63) is 83.2 Å². The number of aliphatic carboxylic acids is 1. The third-order valence-corrected chi connectivity index (χ3v) is 5.21. The fourth-order valence-corrected chi connectivity index (χ4v) is 3.38. The van der Waals surface area contributed by atoms with Crippen molar-refractivity contribution in [3.63, 3.8) is 0 Å². The van der Waals surface area contributed by atoms with Gasteiger partial charge in [0, 0.05) is 11.8 Å². The molecule has 0 aliphatic rings. The lowest BCUT2D eigenvalue weighted by Gasteiger charge is -2.19. The molecule has 0 saturated heterocycles. The average molecular weight is 437 g/mol. The van der Waals surface area contributed by atoms with Gasteiger partial charge in [0.05, 0.1) is 12.8 Å². The van der Waals surface area contributed by atoms with Crippen LogP contribution in [0.4, 0.5) is 0 Å². The van der Waals surface area contributed by atoms with Gasteiger partial charge in [0.15, 0.2) is 12.0 Å². The van der Waals surface area contributed by atoms with E-state index >= 15 is 0 Å². The number of carboxylic acids is 1. The van der Waals surface area contributed by atoms with Crippen molar-refractivity contribution in [1.82, 2.24) is 10.2 Å². The smallest absolute Gasteiger partial charge is 0.320 e. The normalized spacial score (nSPS) is 12.9. The van der Waals surface area contributed by atoms with Crippen molar-refractivity contribution in [2.24, 2.45) is 5.92 Å². The zero-order valence-electron chi connectivity index (χ0n) is 18.4. The second-order valence-corrected chi connectivity index (χ2v) is 7.84. The van der Waals surface area contributed by atoms with Crippen LogP contribution in [-0.4, -0.2) is 33.8 Å². The van der Waals surface area contributed by atoms with E-state index < -0.39 is 17.9 Å². The van der Waals surface area contributed by atoms with Gasteiger partial charge in [-0.25, -0.2) is 0 Å². The van der Waals surface area contributed by atoms with Gasteiger partial charge in [-0.3, -0.25) is 14.7 Å². The molecule has 0 spiro atoms. The molecule has 2 unspecified atom stereocenters. The van der Waals surface area contributed by atoms with Crippen molar-refractivity contribution >= 4 is 11.9 Å². The number of nitrogens with one attached hydrogen (secondary N) is 1. The number of carbonyl (C=O) groups is 2. The maximum atomic E-state index is 11.9. The van der Waals surface area contributed by atoms with E-state index in [2.05, 4.69) is 48.3 Å². The van der Waals surface area contributed by atoms with Crippen LogP contribution in [0.25, 0.3) is 0 Å². The first-order valence-electron chi connectivity index (χ1n) is 10.6. The Morgan fingerprint density at radius 2 is 1.66 bits per heavy atom. The lowest BCUT2D eigenvalue weighted by Crippen LogP contribution is -2.27. The Morgan fingerprint density at radius 3 is 2.19 bits per heavy atom. The first kappa shape index (κ1) is 23.1. The Hall–Kier alpha value is -3.61. The highest BCUT2D eigenvalue weighted by Crippen LogP contribution is 2.29. The summed E-state index contributed by atoms with van der Waals surface area (Å²) in [6.07, 6.45) is 3.22. The van der Waals surface area contributed by atoms with E-state index in [9.17, 15) is 14.7 Å². The van der Waals surface area contributed by atoms with Gasteiger partial charge >= 0.3 is 11.9 Å². The van der Waals surface area contributed by atoms with Crippen molar-refractivity contribution in [3.8, 4) is 5.75 Å². The van der Waals surface area contributed by atoms with Gasteiger partial charge in [-0.15, -0.1) is 0 Å². The number of ether oxygens (including phenoxy) is 2. The van der Waals surface area contributed by atoms with E-state index in [4.69, 9.17) is 9.47 Å². The van der Waals surface area contributed by atoms with Crippen molar-refractivity contribution in [1.29, 1.82) is 0 Å². The number of carbonyl (C=O) groups excluding carboxylic acids is 1. The molecule has 0 fully saturated rings. The molecule has 7 heteroatoms. The second kappa shape index (κ2) is 10.6. The maximum Gasteiger partial charge on any atom is 0.320 e. The molecule has 0 radical (unpaired) electrons. The molecule has 3 aromatic rings. The fourth-order valence-electron chi connectivity index (χ4n) is 3.38. The van der Waals surface area contributed by atoms with Crippen molar-refractivity contribution < 1.29 is 24.2 Å². The molecule has 168 valence electrons. The zero-order chi connectivity index (χ0) is 23.1. The maximum absolute atomic E-state index is 11.9. The Labute approximate surface area is 187 Å². The monoisotopic (exact) mass is 436 g/mol. The van der Waals surface area contributed by atoms with E-state index in [1.165, 1.54) is 5.56 Å². The summed E-state index contributed by atoms with van der Waals surface area (Å²) in [6, 6.07) is 15.4. The molecule has 1 aromatic heterocycles. The molecule has 3 rings (SSSR count).